The first kappa shape index (κ1) is 13.8. The normalized spacial score (nSPS) is 14.0. The number of benzene rings is 1. The van der Waals surface area contributed by atoms with Crippen LogP contribution in [-0.2, 0) is 6.54 Å². The van der Waals surface area contributed by atoms with Crippen LogP contribution in [0.4, 0.5) is 4.39 Å². The molecular weight excluding hydrogens is 271 g/mol. The lowest BCUT2D eigenvalue weighted by molar-refractivity contribution is 0.411. The van der Waals surface area contributed by atoms with Crippen LogP contribution in [0.5, 0.6) is 17.4 Å². The zero-order chi connectivity index (χ0) is 14.7. The number of methoxy groups -OCH3 is 1. The van der Waals surface area contributed by atoms with Gasteiger partial charge in [-0.25, -0.2) is 9.37 Å². The molecule has 5 heteroatoms. The lowest BCUT2D eigenvalue weighted by Crippen LogP contribution is -2.16. The molecule has 1 saturated carbocycles. The summed E-state index contributed by atoms with van der Waals surface area (Å²) in [5.41, 5.74) is 0.720. The van der Waals surface area contributed by atoms with Crippen molar-refractivity contribution >= 4 is 0 Å². The van der Waals surface area contributed by atoms with E-state index in [-0.39, 0.29) is 5.82 Å². The van der Waals surface area contributed by atoms with E-state index in [1.54, 1.807) is 31.4 Å². The average Bonchev–Trinajstić information content (AvgIpc) is 3.32. The molecule has 1 heterocycles. The minimum atomic E-state index is -0.357. The first-order valence-electron chi connectivity index (χ1n) is 6.94. The minimum Gasteiger partial charge on any atom is -0.497 e. The van der Waals surface area contributed by atoms with E-state index in [2.05, 4.69) is 10.3 Å². The highest BCUT2D eigenvalue weighted by Gasteiger charge is 2.21. The van der Waals surface area contributed by atoms with E-state index in [9.17, 15) is 4.39 Å². The van der Waals surface area contributed by atoms with Crippen molar-refractivity contribution in [2.45, 2.75) is 25.4 Å². The van der Waals surface area contributed by atoms with Gasteiger partial charge < -0.3 is 14.8 Å². The van der Waals surface area contributed by atoms with Gasteiger partial charge >= 0.3 is 0 Å². The number of halogens is 1. The van der Waals surface area contributed by atoms with Crippen LogP contribution in [0.1, 0.15) is 18.4 Å². The summed E-state index contributed by atoms with van der Waals surface area (Å²) in [6.45, 7) is 0.556. The summed E-state index contributed by atoms with van der Waals surface area (Å²) in [5, 5.41) is 3.34. The second kappa shape index (κ2) is 6.10. The van der Waals surface area contributed by atoms with Crippen LogP contribution in [0.25, 0.3) is 0 Å². The summed E-state index contributed by atoms with van der Waals surface area (Å²) in [6.07, 6.45) is 3.52. The predicted octanol–water partition coefficient (Wildman–Crippen LogP) is 3.27. The smallest absolute Gasteiger partial charge is 0.223 e. The molecule has 4 nitrogen and oxygen atoms in total. The van der Waals surface area contributed by atoms with Crippen molar-refractivity contribution in [1.29, 1.82) is 0 Å². The molecule has 3 rings (SSSR count). The fraction of sp³-hybridized carbons (Fsp3) is 0.312. The van der Waals surface area contributed by atoms with Crippen LogP contribution in [0.2, 0.25) is 0 Å². The van der Waals surface area contributed by atoms with E-state index in [4.69, 9.17) is 9.47 Å². The van der Waals surface area contributed by atoms with Crippen LogP contribution in [0.3, 0.4) is 0 Å². The van der Waals surface area contributed by atoms with Crippen molar-refractivity contribution < 1.29 is 13.9 Å². The maximum Gasteiger partial charge on any atom is 0.223 e. The molecular formula is C16H17FN2O2. The lowest BCUT2D eigenvalue weighted by Gasteiger charge is -2.11. The Labute approximate surface area is 122 Å². The molecule has 1 aromatic heterocycles. The predicted molar refractivity (Wildman–Crippen MR) is 77.1 cm³/mol. The Morgan fingerprint density at radius 3 is 2.62 bits per heavy atom. The summed E-state index contributed by atoms with van der Waals surface area (Å²) < 4.78 is 24.2. The maximum absolute atomic E-state index is 13.4. The monoisotopic (exact) mass is 288 g/mol. The van der Waals surface area contributed by atoms with Crippen molar-refractivity contribution in [1.82, 2.24) is 10.3 Å². The van der Waals surface area contributed by atoms with Crippen molar-refractivity contribution in [3.63, 3.8) is 0 Å². The summed E-state index contributed by atoms with van der Waals surface area (Å²) in [4.78, 5) is 4.05. The molecule has 0 amide bonds. The van der Waals surface area contributed by atoms with Crippen LogP contribution in [0.15, 0.2) is 36.5 Å². The van der Waals surface area contributed by atoms with Gasteiger partial charge in [0.15, 0.2) is 0 Å². The molecule has 0 unspecified atom stereocenters. The van der Waals surface area contributed by atoms with E-state index in [0.717, 1.165) is 11.3 Å². The molecule has 1 N–H and O–H groups in total. The third-order valence-electron chi connectivity index (χ3n) is 3.32. The van der Waals surface area contributed by atoms with Crippen LogP contribution in [-0.4, -0.2) is 18.1 Å². The molecule has 0 bridgehead atoms. The number of aromatic nitrogens is 1. The zero-order valence-corrected chi connectivity index (χ0v) is 11.8. The highest BCUT2D eigenvalue weighted by Crippen LogP contribution is 2.26. The molecule has 110 valence electrons. The molecule has 1 aromatic carbocycles. The van der Waals surface area contributed by atoms with E-state index < -0.39 is 0 Å². The van der Waals surface area contributed by atoms with E-state index in [1.165, 1.54) is 25.1 Å². The largest absolute Gasteiger partial charge is 0.497 e. The van der Waals surface area contributed by atoms with Gasteiger partial charge in [0.1, 0.15) is 17.3 Å². The maximum atomic E-state index is 13.4. The van der Waals surface area contributed by atoms with Gasteiger partial charge in [0.05, 0.1) is 13.3 Å². The van der Waals surface area contributed by atoms with E-state index >= 15 is 0 Å². The van der Waals surface area contributed by atoms with Crippen molar-refractivity contribution in [3.05, 3.63) is 47.9 Å². The summed E-state index contributed by atoms with van der Waals surface area (Å²) >= 11 is 0. The zero-order valence-electron chi connectivity index (χ0n) is 11.8. The summed E-state index contributed by atoms with van der Waals surface area (Å²) in [6, 6.07) is 9.20. The second-order valence-electron chi connectivity index (χ2n) is 5.05. The van der Waals surface area contributed by atoms with Gasteiger partial charge in [-0.3, -0.25) is 0 Å². The number of rotatable bonds is 6. The summed E-state index contributed by atoms with van der Waals surface area (Å²) in [5.74, 6) is 1.46. The lowest BCUT2D eigenvalue weighted by atomic mass is 10.2. The number of pyridine rings is 1. The first-order valence-corrected chi connectivity index (χ1v) is 6.94. The van der Waals surface area contributed by atoms with Crippen molar-refractivity contribution in [3.8, 4) is 17.4 Å². The third-order valence-corrected chi connectivity index (χ3v) is 3.32. The Kier molecular flexibility index (Phi) is 4.01. The van der Waals surface area contributed by atoms with Crippen LogP contribution < -0.4 is 14.8 Å². The minimum absolute atomic E-state index is 0.357. The first-order chi connectivity index (χ1) is 10.2. The highest BCUT2D eigenvalue weighted by molar-refractivity contribution is 5.36. The Morgan fingerprint density at radius 1 is 1.24 bits per heavy atom. The van der Waals surface area contributed by atoms with Gasteiger partial charge in [0.25, 0.3) is 0 Å². The molecule has 0 spiro atoms. The number of nitrogens with zero attached hydrogens (tertiary/aromatic N) is 1. The van der Waals surface area contributed by atoms with Gasteiger partial charge in [-0.05, 0) is 43.2 Å². The molecule has 1 aliphatic carbocycles. The molecule has 1 aliphatic rings. The number of ether oxygens (including phenoxy) is 2. The molecule has 2 aromatic rings. The van der Waals surface area contributed by atoms with E-state index in [0.29, 0.717) is 24.2 Å². The molecule has 0 atom stereocenters. The highest BCUT2D eigenvalue weighted by atomic mass is 19.1. The quantitative estimate of drug-likeness (QED) is 0.886. The average molecular weight is 288 g/mol. The molecule has 21 heavy (non-hydrogen) atoms. The van der Waals surface area contributed by atoms with Gasteiger partial charge in [0, 0.05) is 18.2 Å². The van der Waals surface area contributed by atoms with Crippen LogP contribution in [0, 0.1) is 5.82 Å². The van der Waals surface area contributed by atoms with Crippen LogP contribution >= 0.6 is 0 Å². The van der Waals surface area contributed by atoms with Crippen molar-refractivity contribution in [2.75, 3.05) is 7.11 Å². The summed E-state index contributed by atoms with van der Waals surface area (Å²) in [7, 11) is 1.61. The van der Waals surface area contributed by atoms with Gasteiger partial charge in [-0.15, -0.1) is 0 Å². The molecule has 0 saturated heterocycles. The number of nitrogens with one attached hydrogen (secondary N) is 1. The van der Waals surface area contributed by atoms with E-state index in [1.807, 2.05) is 0 Å². The third kappa shape index (κ3) is 3.70. The topological polar surface area (TPSA) is 43.4 Å². The second-order valence-corrected chi connectivity index (χ2v) is 5.05. The van der Waals surface area contributed by atoms with Gasteiger partial charge in [-0.1, -0.05) is 0 Å². The number of hydrogen-bond donors (Lipinski definition) is 1. The molecule has 0 radical (unpaired) electrons. The Balaban J connectivity index is 1.75. The molecule has 0 aliphatic heterocycles. The standard InChI is InChI=1S/C16H17FN2O2/c1-20-14-4-6-15(7-5-14)21-16-11(8-12(17)10-19-16)9-18-13-2-3-13/h4-8,10,13,18H,2-3,9H2,1H3. The van der Waals surface area contributed by atoms with Gasteiger partial charge in [0.2, 0.25) is 5.88 Å². The SMILES string of the molecule is COc1ccc(Oc2ncc(F)cc2CNC2CC2)cc1. The fourth-order valence-electron chi connectivity index (χ4n) is 1.98. The molecule has 1 fully saturated rings. The Bertz CT molecular complexity index is 612. The fourth-order valence-corrected chi connectivity index (χ4v) is 1.98. The number of hydrogen-bond acceptors (Lipinski definition) is 4. The van der Waals surface area contributed by atoms with Gasteiger partial charge in [-0.2, -0.15) is 0 Å². The Morgan fingerprint density at radius 2 is 1.95 bits per heavy atom. The van der Waals surface area contributed by atoms with Crippen molar-refractivity contribution in [2.24, 2.45) is 0 Å². The Hall–Kier alpha value is -2.14.